The summed E-state index contributed by atoms with van der Waals surface area (Å²) in [5, 5.41) is 0. The van der Waals surface area contributed by atoms with Crippen molar-refractivity contribution in [1.29, 1.82) is 0 Å². The van der Waals surface area contributed by atoms with Crippen LogP contribution in [-0.2, 0) is 4.74 Å². The Labute approximate surface area is 57.7 Å². The zero-order valence-corrected chi connectivity index (χ0v) is 6.61. The van der Waals surface area contributed by atoms with E-state index < -0.39 is 0 Å². The maximum absolute atomic E-state index is 4.91. The molecule has 1 heteroatoms. The maximum Gasteiger partial charge on any atom is 0.0465 e. The van der Waals surface area contributed by atoms with E-state index in [0.717, 1.165) is 13.0 Å². The van der Waals surface area contributed by atoms with Gasteiger partial charge in [0.25, 0.3) is 0 Å². The lowest BCUT2D eigenvalue weighted by molar-refractivity contribution is 0.195. The number of rotatable bonds is 4. The normalized spacial score (nSPS) is 12.1. The van der Waals surface area contributed by atoms with Crippen LogP contribution in [0.25, 0.3) is 0 Å². The molecular formula is C8H16O. The zero-order chi connectivity index (χ0) is 7.11. The predicted molar refractivity (Wildman–Crippen MR) is 40.5 cm³/mol. The third-order valence-corrected chi connectivity index (χ3v) is 1.41. The molecule has 0 rings (SSSR count). The molecule has 0 aliphatic rings. The second kappa shape index (κ2) is 5.83. The summed E-state index contributed by atoms with van der Waals surface area (Å²) in [5.41, 5.74) is 1.45. The molecule has 0 aliphatic heterocycles. The molecule has 0 aromatic carbocycles. The van der Waals surface area contributed by atoms with Crippen molar-refractivity contribution in [3.63, 3.8) is 0 Å². The SMILES string of the molecule is C/C=C(\C)CCCOC. The number of methoxy groups -OCH3 is 1. The number of hydrogen-bond acceptors (Lipinski definition) is 1. The Kier molecular flexibility index (Phi) is 5.64. The number of allylic oxidation sites excluding steroid dienone is 2. The summed E-state index contributed by atoms with van der Waals surface area (Å²) in [5.74, 6) is 0. The third kappa shape index (κ3) is 5.57. The van der Waals surface area contributed by atoms with E-state index in [1.807, 2.05) is 0 Å². The van der Waals surface area contributed by atoms with Crippen molar-refractivity contribution in [2.45, 2.75) is 26.7 Å². The molecule has 0 radical (unpaired) electrons. The van der Waals surface area contributed by atoms with Gasteiger partial charge in [-0.2, -0.15) is 0 Å². The van der Waals surface area contributed by atoms with Gasteiger partial charge in [0.15, 0.2) is 0 Å². The summed E-state index contributed by atoms with van der Waals surface area (Å²) in [7, 11) is 1.74. The van der Waals surface area contributed by atoms with Crippen LogP contribution in [0.15, 0.2) is 11.6 Å². The molecule has 0 aromatic heterocycles. The number of ether oxygens (including phenoxy) is 1. The van der Waals surface area contributed by atoms with Crippen molar-refractivity contribution in [1.82, 2.24) is 0 Å². The second-order valence-electron chi connectivity index (χ2n) is 2.23. The smallest absolute Gasteiger partial charge is 0.0465 e. The van der Waals surface area contributed by atoms with Crippen LogP contribution in [0.3, 0.4) is 0 Å². The largest absolute Gasteiger partial charge is 0.385 e. The highest BCUT2D eigenvalue weighted by Gasteiger charge is 1.86. The van der Waals surface area contributed by atoms with Gasteiger partial charge in [-0.25, -0.2) is 0 Å². The molecule has 0 saturated carbocycles. The Hall–Kier alpha value is -0.300. The van der Waals surface area contributed by atoms with Gasteiger partial charge < -0.3 is 4.74 Å². The highest BCUT2D eigenvalue weighted by molar-refractivity contribution is 4.94. The lowest BCUT2D eigenvalue weighted by Crippen LogP contribution is -1.88. The first kappa shape index (κ1) is 8.70. The fourth-order valence-electron chi connectivity index (χ4n) is 0.640. The van der Waals surface area contributed by atoms with Gasteiger partial charge in [0, 0.05) is 13.7 Å². The Morgan fingerprint density at radius 2 is 2.22 bits per heavy atom. The molecule has 0 spiro atoms. The van der Waals surface area contributed by atoms with E-state index in [-0.39, 0.29) is 0 Å². The first-order valence-corrected chi connectivity index (χ1v) is 3.42. The van der Waals surface area contributed by atoms with Crippen molar-refractivity contribution >= 4 is 0 Å². The van der Waals surface area contributed by atoms with Gasteiger partial charge in [-0.3, -0.25) is 0 Å². The van der Waals surface area contributed by atoms with Gasteiger partial charge in [0.05, 0.1) is 0 Å². The fourth-order valence-corrected chi connectivity index (χ4v) is 0.640. The third-order valence-electron chi connectivity index (χ3n) is 1.41. The molecule has 0 N–H and O–H groups in total. The highest BCUT2D eigenvalue weighted by atomic mass is 16.5. The fraction of sp³-hybridized carbons (Fsp3) is 0.750. The summed E-state index contributed by atoms with van der Waals surface area (Å²) in [6.45, 7) is 5.10. The van der Waals surface area contributed by atoms with Gasteiger partial charge >= 0.3 is 0 Å². The van der Waals surface area contributed by atoms with Crippen LogP contribution in [0, 0.1) is 0 Å². The minimum absolute atomic E-state index is 0.880. The van der Waals surface area contributed by atoms with E-state index in [1.54, 1.807) is 7.11 Å². The summed E-state index contributed by atoms with van der Waals surface area (Å²) >= 11 is 0. The summed E-state index contributed by atoms with van der Waals surface area (Å²) < 4.78 is 4.91. The molecule has 0 fully saturated rings. The lowest BCUT2D eigenvalue weighted by Gasteiger charge is -1.97. The molecule has 0 atom stereocenters. The maximum atomic E-state index is 4.91. The van der Waals surface area contributed by atoms with Crippen molar-refractivity contribution in [3.05, 3.63) is 11.6 Å². The quantitative estimate of drug-likeness (QED) is 0.417. The van der Waals surface area contributed by atoms with Crippen molar-refractivity contribution < 1.29 is 4.74 Å². The molecule has 9 heavy (non-hydrogen) atoms. The standard InChI is InChI=1S/C8H16O/c1-4-8(2)6-5-7-9-3/h4H,5-7H2,1-3H3/b8-4+. The molecule has 54 valence electrons. The summed E-state index contributed by atoms with van der Waals surface area (Å²) in [6.07, 6.45) is 4.46. The molecule has 0 unspecified atom stereocenters. The average molecular weight is 128 g/mol. The molecule has 0 bridgehead atoms. The number of hydrogen-bond donors (Lipinski definition) is 0. The van der Waals surface area contributed by atoms with Crippen molar-refractivity contribution in [2.24, 2.45) is 0 Å². The zero-order valence-electron chi connectivity index (χ0n) is 6.61. The topological polar surface area (TPSA) is 9.23 Å². The molecule has 0 heterocycles. The Morgan fingerprint density at radius 3 is 2.67 bits per heavy atom. The van der Waals surface area contributed by atoms with Gasteiger partial charge in [-0.1, -0.05) is 11.6 Å². The van der Waals surface area contributed by atoms with E-state index in [4.69, 9.17) is 4.74 Å². The van der Waals surface area contributed by atoms with Crippen LogP contribution in [0.4, 0.5) is 0 Å². The average Bonchev–Trinajstić information content (AvgIpc) is 1.89. The molecule has 0 aromatic rings. The van der Waals surface area contributed by atoms with E-state index >= 15 is 0 Å². The lowest BCUT2D eigenvalue weighted by atomic mass is 10.2. The van der Waals surface area contributed by atoms with E-state index in [0.29, 0.717) is 0 Å². The summed E-state index contributed by atoms with van der Waals surface area (Å²) in [4.78, 5) is 0. The molecule has 0 aliphatic carbocycles. The van der Waals surface area contributed by atoms with Gasteiger partial charge in [-0.15, -0.1) is 0 Å². The molecule has 1 nitrogen and oxygen atoms in total. The van der Waals surface area contributed by atoms with Gasteiger partial charge in [0.1, 0.15) is 0 Å². The first-order valence-electron chi connectivity index (χ1n) is 3.42. The Bertz CT molecular complexity index is 84.6. The van der Waals surface area contributed by atoms with Crippen LogP contribution in [-0.4, -0.2) is 13.7 Å². The first-order chi connectivity index (χ1) is 4.31. The van der Waals surface area contributed by atoms with Crippen LogP contribution >= 0.6 is 0 Å². The van der Waals surface area contributed by atoms with Crippen LogP contribution < -0.4 is 0 Å². The Morgan fingerprint density at radius 1 is 1.56 bits per heavy atom. The minimum Gasteiger partial charge on any atom is -0.385 e. The van der Waals surface area contributed by atoms with Crippen LogP contribution in [0.2, 0.25) is 0 Å². The van der Waals surface area contributed by atoms with E-state index in [2.05, 4.69) is 19.9 Å². The minimum atomic E-state index is 0.880. The second-order valence-corrected chi connectivity index (χ2v) is 2.23. The summed E-state index contributed by atoms with van der Waals surface area (Å²) in [6, 6.07) is 0. The van der Waals surface area contributed by atoms with Crippen LogP contribution in [0.5, 0.6) is 0 Å². The molecule has 0 saturated heterocycles. The molecular weight excluding hydrogens is 112 g/mol. The monoisotopic (exact) mass is 128 g/mol. The van der Waals surface area contributed by atoms with Crippen molar-refractivity contribution in [2.75, 3.05) is 13.7 Å². The van der Waals surface area contributed by atoms with E-state index in [9.17, 15) is 0 Å². The van der Waals surface area contributed by atoms with Crippen LogP contribution in [0.1, 0.15) is 26.7 Å². The van der Waals surface area contributed by atoms with Gasteiger partial charge in [-0.05, 0) is 26.7 Å². The van der Waals surface area contributed by atoms with Gasteiger partial charge in [0.2, 0.25) is 0 Å². The van der Waals surface area contributed by atoms with Crippen molar-refractivity contribution in [3.8, 4) is 0 Å². The molecule has 0 amide bonds. The highest BCUT2D eigenvalue weighted by Crippen LogP contribution is 2.02. The predicted octanol–water partition coefficient (Wildman–Crippen LogP) is 2.38. The Balaban J connectivity index is 3.07. The van der Waals surface area contributed by atoms with E-state index in [1.165, 1.54) is 12.0 Å².